The fraction of sp³-hybridized carbons (Fsp3) is 0.545. The van der Waals surface area contributed by atoms with E-state index in [0.29, 0.717) is 17.9 Å². The minimum atomic E-state index is -3.69. The molecular weight excluding hydrogens is 290 g/mol. The van der Waals surface area contributed by atoms with Crippen molar-refractivity contribution in [2.75, 3.05) is 13.7 Å². The van der Waals surface area contributed by atoms with Gasteiger partial charge >= 0.3 is 5.97 Å². The molecule has 0 bridgehead atoms. The molecule has 0 amide bonds. The minimum absolute atomic E-state index is 0.0161. The molecule has 0 saturated carbocycles. The smallest absolute Gasteiger partial charge is 0.345 e. The summed E-state index contributed by atoms with van der Waals surface area (Å²) >= 11 is 0.951. The highest BCUT2D eigenvalue weighted by molar-refractivity contribution is 7.89. The Hall–Kier alpha value is -0.960. The molecule has 0 aromatic carbocycles. The lowest BCUT2D eigenvalue weighted by Crippen LogP contribution is -2.33. The minimum Gasteiger partial charge on any atom is -0.477 e. The number of carboxylic acid groups (broad SMARTS) is 1. The molecule has 0 aliphatic heterocycles. The molecule has 0 fully saturated rings. The van der Waals surface area contributed by atoms with Crippen molar-refractivity contribution in [2.24, 2.45) is 0 Å². The Labute approximate surface area is 116 Å². The first-order valence-electron chi connectivity index (χ1n) is 5.63. The molecule has 0 saturated heterocycles. The van der Waals surface area contributed by atoms with Crippen molar-refractivity contribution in [1.82, 2.24) is 4.72 Å². The van der Waals surface area contributed by atoms with Crippen molar-refractivity contribution < 1.29 is 23.1 Å². The SMILES string of the molecule is COCCC(C)NS(=O)(=O)c1cc(C(=O)O)sc1C. The summed E-state index contributed by atoms with van der Waals surface area (Å²) in [4.78, 5) is 11.3. The van der Waals surface area contributed by atoms with Gasteiger partial charge in [0.05, 0.1) is 4.90 Å². The Morgan fingerprint density at radius 2 is 2.21 bits per heavy atom. The van der Waals surface area contributed by atoms with Crippen LogP contribution in [0.25, 0.3) is 0 Å². The number of methoxy groups -OCH3 is 1. The number of aromatic carboxylic acids is 1. The molecule has 0 radical (unpaired) electrons. The third-order valence-corrected chi connectivity index (χ3v) is 5.37. The number of hydrogen-bond donors (Lipinski definition) is 2. The van der Waals surface area contributed by atoms with Crippen molar-refractivity contribution >= 4 is 27.3 Å². The standard InChI is InChI=1S/C11H17NO5S2/c1-7(4-5-17-3)12-19(15,16)10-6-9(11(13)14)18-8(10)2/h6-7,12H,4-5H2,1-3H3,(H,13,14). The van der Waals surface area contributed by atoms with Gasteiger partial charge in [-0.05, 0) is 26.3 Å². The summed E-state index contributed by atoms with van der Waals surface area (Å²) in [6.07, 6.45) is 0.546. The van der Waals surface area contributed by atoms with Gasteiger partial charge < -0.3 is 9.84 Å². The number of rotatable bonds is 7. The molecule has 8 heteroatoms. The van der Waals surface area contributed by atoms with Crippen molar-refractivity contribution in [1.29, 1.82) is 0 Å². The summed E-state index contributed by atoms with van der Waals surface area (Å²) in [5, 5.41) is 8.87. The first-order chi connectivity index (χ1) is 8.77. The Morgan fingerprint density at radius 3 is 2.68 bits per heavy atom. The average molecular weight is 307 g/mol. The second-order valence-corrected chi connectivity index (χ2v) is 7.08. The Bertz CT molecular complexity index is 549. The van der Waals surface area contributed by atoms with Crippen molar-refractivity contribution in [3.8, 4) is 0 Å². The van der Waals surface area contributed by atoms with Crippen LogP contribution in [-0.4, -0.2) is 39.3 Å². The zero-order valence-electron chi connectivity index (χ0n) is 11.0. The van der Waals surface area contributed by atoms with Crippen LogP contribution in [0.2, 0.25) is 0 Å². The van der Waals surface area contributed by atoms with E-state index >= 15 is 0 Å². The van der Waals surface area contributed by atoms with E-state index in [2.05, 4.69) is 4.72 Å². The number of sulfonamides is 1. The maximum absolute atomic E-state index is 12.1. The molecule has 1 heterocycles. The van der Waals surface area contributed by atoms with Gasteiger partial charge in [0.1, 0.15) is 4.88 Å². The lowest BCUT2D eigenvalue weighted by atomic mass is 10.3. The lowest BCUT2D eigenvalue weighted by molar-refractivity contribution is 0.0702. The molecule has 2 N–H and O–H groups in total. The predicted octanol–water partition coefficient (Wildman–Crippen LogP) is 1.46. The van der Waals surface area contributed by atoms with Gasteiger partial charge in [-0.15, -0.1) is 11.3 Å². The first-order valence-corrected chi connectivity index (χ1v) is 7.93. The van der Waals surface area contributed by atoms with Gasteiger partial charge in [-0.1, -0.05) is 0 Å². The monoisotopic (exact) mass is 307 g/mol. The van der Waals surface area contributed by atoms with Crippen LogP contribution < -0.4 is 4.72 Å². The van der Waals surface area contributed by atoms with E-state index in [0.717, 1.165) is 11.3 Å². The van der Waals surface area contributed by atoms with Gasteiger partial charge in [0.2, 0.25) is 10.0 Å². The van der Waals surface area contributed by atoms with E-state index in [1.54, 1.807) is 21.0 Å². The maximum Gasteiger partial charge on any atom is 0.345 e. The number of carboxylic acids is 1. The lowest BCUT2D eigenvalue weighted by Gasteiger charge is -2.13. The Kier molecular flexibility index (Phi) is 5.48. The van der Waals surface area contributed by atoms with Crippen molar-refractivity contribution in [2.45, 2.75) is 31.2 Å². The van der Waals surface area contributed by atoms with Crippen LogP contribution in [0.15, 0.2) is 11.0 Å². The van der Waals surface area contributed by atoms with Gasteiger partial charge in [0, 0.05) is 24.6 Å². The molecule has 1 aromatic rings. The largest absolute Gasteiger partial charge is 0.477 e. The highest BCUT2D eigenvalue weighted by Gasteiger charge is 2.23. The number of ether oxygens (including phenoxy) is 1. The molecule has 0 aliphatic carbocycles. The van der Waals surface area contributed by atoms with Crippen molar-refractivity contribution in [3.05, 3.63) is 15.8 Å². The molecule has 6 nitrogen and oxygen atoms in total. The van der Waals surface area contributed by atoms with E-state index in [1.807, 2.05) is 0 Å². The Morgan fingerprint density at radius 1 is 1.58 bits per heavy atom. The summed E-state index contributed by atoms with van der Waals surface area (Å²) in [6.45, 7) is 3.77. The van der Waals surface area contributed by atoms with Crippen LogP contribution in [0, 0.1) is 6.92 Å². The molecule has 1 aromatic heterocycles. The summed E-state index contributed by atoms with van der Waals surface area (Å²) in [6, 6.07) is 0.908. The van der Waals surface area contributed by atoms with Gasteiger partial charge in [-0.25, -0.2) is 17.9 Å². The third kappa shape index (κ3) is 4.27. The molecule has 1 rings (SSSR count). The molecule has 108 valence electrons. The summed E-state index contributed by atoms with van der Waals surface area (Å²) in [5.74, 6) is -1.12. The zero-order chi connectivity index (χ0) is 14.6. The summed E-state index contributed by atoms with van der Waals surface area (Å²) < 4.78 is 31.6. The number of thiophene rings is 1. The topological polar surface area (TPSA) is 92.7 Å². The fourth-order valence-corrected chi connectivity index (χ4v) is 4.23. The second-order valence-electron chi connectivity index (χ2n) is 4.14. The number of carbonyl (C=O) groups is 1. The van der Waals surface area contributed by atoms with Gasteiger partial charge in [-0.2, -0.15) is 0 Å². The van der Waals surface area contributed by atoms with E-state index in [4.69, 9.17) is 9.84 Å². The second kappa shape index (κ2) is 6.47. The van der Waals surface area contributed by atoms with E-state index in [9.17, 15) is 13.2 Å². The molecule has 0 spiro atoms. The third-order valence-electron chi connectivity index (χ3n) is 2.48. The quantitative estimate of drug-likeness (QED) is 0.795. The summed E-state index contributed by atoms with van der Waals surface area (Å²) in [5.41, 5.74) is 0. The van der Waals surface area contributed by atoms with Crippen LogP contribution in [-0.2, 0) is 14.8 Å². The molecular formula is C11H17NO5S2. The molecule has 1 unspecified atom stereocenters. The van der Waals surface area contributed by atoms with Gasteiger partial charge in [-0.3, -0.25) is 0 Å². The van der Waals surface area contributed by atoms with Crippen molar-refractivity contribution in [3.63, 3.8) is 0 Å². The fourth-order valence-electron chi connectivity index (χ4n) is 1.52. The van der Waals surface area contributed by atoms with Crippen LogP contribution in [0.4, 0.5) is 0 Å². The number of aryl methyl sites for hydroxylation is 1. The van der Waals surface area contributed by atoms with E-state index in [-0.39, 0.29) is 15.8 Å². The van der Waals surface area contributed by atoms with Crippen LogP contribution >= 0.6 is 11.3 Å². The Balaban J connectivity index is 2.91. The van der Waals surface area contributed by atoms with Crippen LogP contribution in [0.1, 0.15) is 27.9 Å². The summed E-state index contributed by atoms with van der Waals surface area (Å²) in [7, 11) is -2.15. The van der Waals surface area contributed by atoms with E-state index in [1.165, 1.54) is 6.07 Å². The average Bonchev–Trinajstić information content (AvgIpc) is 2.69. The van der Waals surface area contributed by atoms with Crippen LogP contribution in [0.3, 0.4) is 0 Å². The van der Waals surface area contributed by atoms with Gasteiger partial charge in [0.25, 0.3) is 0 Å². The molecule has 19 heavy (non-hydrogen) atoms. The van der Waals surface area contributed by atoms with Crippen LogP contribution in [0.5, 0.6) is 0 Å². The molecule has 0 aliphatic rings. The predicted molar refractivity (Wildman–Crippen MR) is 72.3 cm³/mol. The first kappa shape index (κ1) is 16.1. The normalized spacial score (nSPS) is 13.4. The van der Waals surface area contributed by atoms with Gasteiger partial charge in [0.15, 0.2) is 0 Å². The highest BCUT2D eigenvalue weighted by atomic mass is 32.2. The van der Waals surface area contributed by atoms with E-state index < -0.39 is 16.0 Å². The highest BCUT2D eigenvalue weighted by Crippen LogP contribution is 2.25. The maximum atomic E-state index is 12.1. The zero-order valence-corrected chi connectivity index (χ0v) is 12.6. The molecule has 1 atom stereocenters. The number of nitrogens with one attached hydrogen (secondary N) is 1. The number of hydrogen-bond acceptors (Lipinski definition) is 5.